The van der Waals surface area contributed by atoms with Crippen LogP contribution in [0.5, 0.6) is 0 Å². The zero-order valence-electron chi connectivity index (χ0n) is 8.27. The van der Waals surface area contributed by atoms with Crippen LogP contribution in [0, 0.1) is 13.3 Å². The zero-order chi connectivity index (χ0) is 9.80. The van der Waals surface area contributed by atoms with Gasteiger partial charge in [0.2, 0.25) is 0 Å². The van der Waals surface area contributed by atoms with Crippen LogP contribution < -0.4 is 0 Å². The van der Waals surface area contributed by atoms with Crippen LogP contribution in [0.25, 0.3) is 0 Å². The number of hydrogen-bond acceptors (Lipinski definition) is 0. The molecule has 0 heteroatoms. The van der Waals surface area contributed by atoms with Crippen molar-refractivity contribution in [1.29, 1.82) is 0 Å². The van der Waals surface area contributed by atoms with E-state index in [9.17, 15) is 0 Å². The van der Waals surface area contributed by atoms with E-state index in [-0.39, 0.29) is 0 Å². The summed E-state index contributed by atoms with van der Waals surface area (Å²) < 4.78 is 0. The first-order valence-corrected chi connectivity index (χ1v) is 4.81. The molecule has 0 aliphatic carbocycles. The highest BCUT2D eigenvalue weighted by atomic mass is 14.0. The minimum Gasteiger partial charge on any atom is -0.0622 e. The molecule has 0 fully saturated rings. The average molecular weight is 181 g/mol. The normalized spacial score (nSPS) is 10.1. The molecule has 0 saturated carbocycles. The number of rotatable bonds is 2. The third kappa shape index (κ3) is 2.23. The second-order valence-corrected chi connectivity index (χ2v) is 3.47. The number of aryl methyl sites for hydroxylation is 1. The Balaban J connectivity index is 2.19. The van der Waals surface area contributed by atoms with Crippen molar-refractivity contribution in [3.05, 3.63) is 77.7 Å². The third-order valence-electron chi connectivity index (χ3n) is 2.18. The van der Waals surface area contributed by atoms with Crippen LogP contribution in [0.3, 0.4) is 0 Å². The van der Waals surface area contributed by atoms with Gasteiger partial charge < -0.3 is 0 Å². The molecule has 1 radical (unpaired) electrons. The zero-order valence-corrected chi connectivity index (χ0v) is 8.27. The SMILES string of the molecule is Cc1cccc([CH]c2ccccc2)c1. The van der Waals surface area contributed by atoms with E-state index < -0.39 is 0 Å². The van der Waals surface area contributed by atoms with Crippen LogP contribution in [0.4, 0.5) is 0 Å². The second kappa shape index (κ2) is 4.10. The first kappa shape index (κ1) is 9.01. The van der Waals surface area contributed by atoms with Crippen LogP contribution in [0.2, 0.25) is 0 Å². The summed E-state index contributed by atoms with van der Waals surface area (Å²) in [4.78, 5) is 0. The Hall–Kier alpha value is -1.56. The summed E-state index contributed by atoms with van der Waals surface area (Å²) >= 11 is 0. The van der Waals surface area contributed by atoms with E-state index in [0.29, 0.717) is 0 Å². The van der Waals surface area contributed by atoms with E-state index >= 15 is 0 Å². The lowest BCUT2D eigenvalue weighted by molar-refractivity contribution is 1.38. The first-order chi connectivity index (χ1) is 6.84. The van der Waals surface area contributed by atoms with E-state index in [1.54, 1.807) is 0 Å². The molecule has 0 amide bonds. The molecule has 0 saturated heterocycles. The maximum atomic E-state index is 2.19. The number of hydrogen-bond donors (Lipinski definition) is 0. The van der Waals surface area contributed by atoms with Crippen molar-refractivity contribution in [2.75, 3.05) is 0 Å². The van der Waals surface area contributed by atoms with Crippen LogP contribution in [0.1, 0.15) is 16.7 Å². The summed E-state index contributed by atoms with van der Waals surface area (Å²) in [5, 5.41) is 0. The predicted molar refractivity (Wildman–Crippen MR) is 60.1 cm³/mol. The quantitative estimate of drug-likeness (QED) is 0.664. The van der Waals surface area contributed by atoms with Gasteiger partial charge in [0, 0.05) is 6.42 Å². The van der Waals surface area contributed by atoms with Crippen molar-refractivity contribution >= 4 is 0 Å². The summed E-state index contributed by atoms with van der Waals surface area (Å²) in [5.74, 6) is 0. The molecule has 0 aliphatic rings. The largest absolute Gasteiger partial charge is 0.0622 e. The Morgan fingerprint density at radius 1 is 0.786 bits per heavy atom. The van der Waals surface area contributed by atoms with Crippen molar-refractivity contribution in [3.8, 4) is 0 Å². The van der Waals surface area contributed by atoms with Gasteiger partial charge in [0.15, 0.2) is 0 Å². The lowest BCUT2D eigenvalue weighted by Gasteiger charge is -2.01. The molecule has 0 atom stereocenters. The molecule has 0 nitrogen and oxygen atoms in total. The maximum absolute atomic E-state index is 2.19. The number of benzene rings is 2. The molecule has 0 unspecified atom stereocenters. The third-order valence-corrected chi connectivity index (χ3v) is 2.18. The summed E-state index contributed by atoms with van der Waals surface area (Å²) in [7, 11) is 0. The van der Waals surface area contributed by atoms with Gasteiger partial charge in [0.05, 0.1) is 0 Å². The molecule has 14 heavy (non-hydrogen) atoms. The van der Waals surface area contributed by atoms with E-state index in [2.05, 4.69) is 61.9 Å². The first-order valence-electron chi connectivity index (χ1n) is 4.81. The molecular formula is C14H13. The van der Waals surface area contributed by atoms with Gasteiger partial charge in [-0.25, -0.2) is 0 Å². The summed E-state index contributed by atoms with van der Waals surface area (Å²) in [6.45, 7) is 2.11. The van der Waals surface area contributed by atoms with E-state index in [0.717, 1.165) is 0 Å². The molecule has 0 bridgehead atoms. The molecule has 0 N–H and O–H groups in total. The van der Waals surface area contributed by atoms with Crippen LogP contribution in [-0.2, 0) is 0 Å². The molecule has 0 heterocycles. The predicted octanol–water partition coefficient (Wildman–Crippen LogP) is 3.60. The fraction of sp³-hybridized carbons (Fsp3) is 0.0714. The average Bonchev–Trinajstić information content (AvgIpc) is 2.19. The van der Waals surface area contributed by atoms with E-state index in [1.165, 1.54) is 16.7 Å². The topological polar surface area (TPSA) is 0 Å². The van der Waals surface area contributed by atoms with Crippen molar-refractivity contribution < 1.29 is 0 Å². The molecule has 2 aromatic carbocycles. The van der Waals surface area contributed by atoms with Crippen LogP contribution in [0.15, 0.2) is 54.6 Å². The van der Waals surface area contributed by atoms with Gasteiger partial charge in [-0.2, -0.15) is 0 Å². The molecule has 0 aromatic heterocycles. The molecule has 0 spiro atoms. The Bertz CT molecular complexity index is 401. The highest BCUT2D eigenvalue weighted by Crippen LogP contribution is 2.12. The highest BCUT2D eigenvalue weighted by Gasteiger charge is 1.95. The Labute approximate surface area is 85.2 Å². The van der Waals surface area contributed by atoms with Gasteiger partial charge in [0.1, 0.15) is 0 Å². The van der Waals surface area contributed by atoms with Gasteiger partial charge in [-0.3, -0.25) is 0 Å². The van der Waals surface area contributed by atoms with Crippen molar-refractivity contribution in [3.63, 3.8) is 0 Å². The van der Waals surface area contributed by atoms with Crippen LogP contribution in [-0.4, -0.2) is 0 Å². The summed E-state index contributed by atoms with van der Waals surface area (Å²) in [5.41, 5.74) is 3.81. The fourth-order valence-corrected chi connectivity index (χ4v) is 1.50. The second-order valence-electron chi connectivity index (χ2n) is 3.47. The highest BCUT2D eigenvalue weighted by molar-refractivity contribution is 5.38. The molecule has 69 valence electrons. The summed E-state index contributed by atoms with van der Waals surface area (Å²) in [6.07, 6.45) is 2.19. The lowest BCUT2D eigenvalue weighted by atomic mass is 10.0. The van der Waals surface area contributed by atoms with Gasteiger partial charge in [0.25, 0.3) is 0 Å². The Morgan fingerprint density at radius 2 is 1.50 bits per heavy atom. The van der Waals surface area contributed by atoms with Gasteiger partial charge >= 0.3 is 0 Å². The molecule has 2 aromatic rings. The monoisotopic (exact) mass is 181 g/mol. The van der Waals surface area contributed by atoms with E-state index in [4.69, 9.17) is 0 Å². The van der Waals surface area contributed by atoms with Gasteiger partial charge in [-0.05, 0) is 18.1 Å². The standard InChI is InChI=1S/C14H13/c1-12-6-5-9-14(10-12)11-13-7-3-2-4-8-13/h2-11H,1H3. The molecule has 0 aliphatic heterocycles. The fourth-order valence-electron chi connectivity index (χ4n) is 1.50. The van der Waals surface area contributed by atoms with Crippen LogP contribution >= 0.6 is 0 Å². The Kier molecular flexibility index (Phi) is 2.64. The Morgan fingerprint density at radius 3 is 2.21 bits per heavy atom. The maximum Gasteiger partial charge on any atom is 0.0199 e. The summed E-state index contributed by atoms with van der Waals surface area (Å²) in [6, 6.07) is 18.9. The molecular weight excluding hydrogens is 168 g/mol. The van der Waals surface area contributed by atoms with Crippen molar-refractivity contribution in [1.82, 2.24) is 0 Å². The minimum atomic E-state index is 1.25. The van der Waals surface area contributed by atoms with E-state index in [1.807, 2.05) is 6.07 Å². The van der Waals surface area contributed by atoms with Crippen molar-refractivity contribution in [2.24, 2.45) is 0 Å². The van der Waals surface area contributed by atoms with Crippen molar-refractivity contribution in [2.45, 2.75) is 6.92 Å². The molecule has 2 rings (SSSR count). The van der Waals surface area contributed by atoms with Gasteiger partial charge in [-0.15, -0.1) is 0 Å². The minimum absolute atomic E-state index is 1.25. The lowest BCUT2D eigenvalue weighted by Crippen LogP contribution is -1.84. The van der Waals surface area contributed by atoms with Gasteiger partial charge in [-0.1, -0.05) is 60.2 Å². The smallest absolute Gasteiger partial charge is 0.0199 e.